The average molecular weight is 285 g/mol. The van der Waals surface area contributed by atoms with Crippen LogP contribution in [0.4, 0.5) is 0 Å². The minimum absolute atomic E-state index is 0.741. The summed E-state index contributed by atoms with van der Waals surface area (Å²) >= 11 is 0. The number of rotatable bonds is 7. The number of hydrogen-bond donors (Lipinski definition) is 1. The molecule has 0 spiro atoms. The van der Waals surface area contributed by atoms with Gasteiger partial charge in [-0.1, -0.05) is 29.8 Å². The van der Waals surface area contributed by atoms with Gasteiger partial charge in [0.15, 0.2) is 0 Å². The highest BCUT2D eigenvalue weighted by Gasteiger charge is 2.05. The fourth-order valence-corrected chi connectivity index (χ4v) is 2.21. The van der Waals surface area contributed by atoms with Gasteiger partial charge in [0.2, 0.25) is 0 Å². The fourth-order valence-electron chi connectivity index (χ4n) is 2.21. The van der Waals surface area contributed by atoms with Crippen LogP contribution in [0.15, 0.2) is 42.5 Å². The van der Waals surface area contributed by atoms with Crippen LogP contribution < -0.4 is 10.1 Å². The first-order chi connectivity index (χ1) is 10.2. The Kier molecular flexibility index (Phi) is 5.78. The Morgan fingerprint density at radius 1 is 1.05 bits per heavy atom. The van der Waals surface area contributed by atoms with Gasteiger partial charge in [-0.05, 0) is 44.2 Å². The number of ether oxygens (including phenoxy) is 2. The highest BCUT2D eigenvalue weighted by Crippen LogP contribution is 2.26. The molecule has 0 fully saturated rings. The lowest BCUT2D eigenvalue weighted by Crippen LogP contribution is -2.06. The fraction of sp³-hybridized carbons (Fsp3) is 0.333. The van der Waals surface area contributed by atoms with Gasteiger partial charge in [-0.3, -0.25) is 0 Å². The number of hydrogen-bond acceptors (Lipinski definition) is 3. The normalized spacial score (nSPS) is 10.6. The first kappa shape index (κ1) is 15.5. The maximum absolute atomic E-state index is 6.01. The van der Waals surface area contributed by atoms with Crippen molar-refractivity contribution >= 4 is 0 Å². The molecule has 3 heteroatoms. The second-order valence-electron chi connectivity index (χ2n) is 5.13. The average Bonchev–Trinajstić information content (AvgIpc) is 2.49. The van der Waals surface area contributed by atoms with E-state index >= 15 is 0 Å². The summed E-state index contributed by atoms with van der Waals surface area (Å²) < 4.78 is 11.1. The van der Waals surface area contributed by atoms with Crippen LogP contribution in [0.3, 0.4) is 0 Å². The third-order valence-corrected chi connectivity index (χ3v) is 3.33. The summed E-state index contributed by atoms with van der Waals surface area (Å²) in [5.74, 6) is 1.76. The predicted octanol–water partition coefficient (Wildman–Crippen LogP) is 3.70. The third-order valence-electron chi connectivity index (χ3n) is 3.33. The highest BCUT2D eigenvalue weighted by molar-refractivity contribution is 5.40. The summed E-state index contributed by atoms with van der Waals surface area (Å²) in [6.45, 7) is 3.63. The molecule has 0 amide bonds. The number of methoxy groups -OCH3 is 1. The number of benzene rings is 2. The minimum Gasteiger partial charge on any atom is -0.457 e. The monoisotopic (exact) mass is 285 g/mol. The molecule has 0 bridgehead atoms. The molecule has 3 nitrogen and oxygen atoms in total. The molecule has 2 aromatic carbocycles. The van der Waals surface area contributed by atoms with E-state index in [0.717, 1.165) is 31.1 Å². The van der Waals surface area contributed by atoms with Crippen molar-refractivity contribution in [3.05, 3.63) is 59.2 Å². The molecular formula is C18H23NO2. The zero-order valence-corrected chi connectivity index (χ0v) is 13.0. The van der Waals surface area contributed by atoms with Crippen LogP contribution in [-0.2, 0) is 17.7 Å². The summed E-state index contributed by atoms with van der Waals surface area (Å²) in [5, 5.41) is 3.18. The summed E-state index contributed by atoms with van der Waals surface area (Å²) in [4.78, 5) is 0. The van der Waals surface area contributed by atoms with Gasteiger partial charge in [-0.15, -0.1) is 0 Å². The van der Waals surface area contributed by atoms with Gasteiger partial charge in [0.25, 0.3) is 0 Å². The molecule has 0 aliphatic rings. The lowest BCUT2D eigenvalue weighted by molar-refractivity contribution is 0.202. The maximum Gasteiger partial charge on any atom is 0.131 e. The molecule has 0 unspecified atom stereocenters. The van der Waals surface area contributed by atoms with Gasteiger partial charge in [-0.2, -0.15) is 0 Å². The van der Waals surface area contributed by atoms with Crippen molar-refractivity contribution in [2.45, 2.75) is 19.9 Å². The lowest BCUT2D eigenvalue weighted by Gasteiger charge is -2.12. The van der Waals surface area contributed by atoms with Crippen LogP contribution in [0, 0.1) is 6.92 Å². The molecule has 0 aliphatic carbocycles. The molecule has 21 heavy (non-hydrogen) atoms. The van der Waals surface area contributed by atoms with E-state index in [1.165, 1.54) is 16.7 Å². The Morgan fingerprint density at radius 3 is 2.48 bits per heavy atom. The van der Waals surface area contributed by atoms with Gasteiger partial charge in [0.05, 0.1) is 6.61 Å². The van der Waals surface area contributed by atoms with Crippen molar-refractivity contribution in [3.8, 4) is 11.5 Å². The van der Waals surface area contributed by atoms with Crippen molar-refractivity contribution in [3.63, 3.8) is 0 Å². The molecule has 0 atom stereocenters. The summed E-state index contributed by atoms with van der Waals surface area (Å²) in [5.41, 5.74) is 3.66. The smallest absolute Gasteiger partial charge is 0.131 e. The molecule has 112 valence electrons. The quantitative estimate of drug-likeness (QED) is 0.841. The number of nitrogens with one attached hydrogen (secondary N) is 1. The van der Waals surface area contributed by atoms with Crippen molar-refractivity contribution in [2.24, 2.45) is 0 Å². The zero-order valence-electron chi connectivity index (χ0n) is 13.0. The molecule has 0 radical (unpaired) electrons. The first-order valence-electron chi connectivity index (χ1n) is 7.23. The Labute approximate surface area is 126 Å². The van der Waals surface area contributed by atoms with E-state index in [0.29, 0.717) is 0 Å². The van der Waals surface area contributed by atoms with Crippen molar-refractivity contribution in [2.75, 3.05) is 20.8 Å². The SMILES string of the molecule is CNCc1cc(C)ccc1Oc1ccc(CCOC)cc1. The maximum atomic E-state index is 6.01. The van der Waals surface area contributed by atoms with Crippen LogP contribution in [-0.4, -0.2) is 20.8 Å². The Balaban J connectivity index is 2.10. The topological polar surface area (TPSA) is 30.5 Å². The predicted molar refractivity (Wildman–Crippen MR) is 86.0 cm³/mol. The van der Waals surface area contributed by atoms with Crippen molar-refractivity contribution in [1.29, 1.82) is 0 Å². The molecule has 2 rings (SSSR count). The van der Waals surface area contributed by atoms with Crippen LogP contribution in [0.25, 0.3) is 0 Å². The molecule has 0 aromatic heterocycles. The van der Waals surface area contributed by atoms with Gasteiger partial charge >= 0.3 is 0 Å². The van der Waals surface area contributed by atoms with Crippen LogP contribution in [0.5, 0.6) is 11.5 Å². The van der Waals surface area contributed by atoms with Crippen molar-refractivity contribution < 1.29 is 9.47 Å². The molecule has 1 N–H and O–H groups in total. The molecule has 0 saturated carbocycles. The van der Waals surface area contributed by atoms with E-state index in [1.807, 2.05) is 25.2 Å². The van der Waals surface area contributed by atoms with E-state index in [-0.39, 0.29) is 0 Å². The Bertz CT molecular complexity index is 564. The van der Waals surface area contributed by atoms with Crippen LogP contribution >= 0.6 is 0 Å². The summed E-state index contributed by atoms with van der Waals surface area (Å²) in [7, 11) is 3.66. The highest BCUT2D eigenvalue weighted by atomic mass is 16.5. The molecular weight excluding hydrogens is 262 g/mol. The Hall–Kier alpha value is -1.84. The lowest BCUT2D eigenvalue weighted by atomic mass is 10.1. The van der Waals surface area contributed by atoms with Crippen molar-refractivity contribution in [1.82, 2.24) is 5.32 Å². The largest absolute Gasteiger partial charge is 0.457 e. The first-order valence-corrected chi connectivity index (χ1v) is 7.23. The van der Waals surface area contributed by atoms with Gasteiger partial charge in [0, 0.05) is 19.2 Å². The second kappa shape index (κ2) is 7.81. The third kappa shape index (κ3) is 4.59. The van der Waals surface area contributed by atoms with E-state index < -0.39 is 0 Å². The standard InChI is InChI=1S/C18H23NO2/c1-14-4-9-18(16(12-14)13-19-2)21-17-7-5-15(6-8-17)10-11-20-3/h4-9,12,19H,10-11,13H2,1-3H3. The van der Waals surface area contributed by atoms with E-state index in [2.05, 4.69) is 36.5 Å². The summed E-state index contributed by atoms with van der Waals surface area (Å²) in [6, 6.07) is 14.4. The molecule has 0 heterocycles. The van der Waals surface area contributed by atoms with E-state index in [4.69, 9.17) is 9.47 Å². The second-order valence-corrected chi connectivity index (χ2v) is 5.13. The van der Waals surface area contributed by atoms with Gasteiger partial charge in [-0.25, -0.2) is 0 Å². The van der Waals surface area contributed by atoms with Gasteiger partial charge in [0.1, 0.15) is 11.5 Å². The molecule has 0 saturated heterocycles. The molecule has 2 aromatic rings. The van der Waals surface area contributed by atoms with Crippen LogP contribution in [0.2, 0.25) is 0 Å². The van der Waals surface area contributed by atoms with Gasteiger partial charge < -0.3 is 14.8 Å². The Morgan fingerprint density at radius 2 is 1.81 bits per heavy atom. The van der Waals surface area contributed by atoms with Crippen LogP contribution in [0.1, 0.15) is 16.7 Å². The van der Waals surface area contributed by atoms with E-state index in [9.17, 15) is 0 Å². The zero-order chi connectivity index (χ0) is 15.1. The molecule has 0 aliphatic heterocycles. The van der Waals surface area contributed by atoms with E-state index in [1.54, 1.807) is 7.11 Å². The minimum atomic E-state index is 0.741. The summed E-state index contributed by atoms with van der Waals surface area (Å²) in [6.07, 6.45) is 0.923. The number of aryl methyl sites for hydroxylation is 1.